The monoisotopic (exact) mass is 160 g/mol. The highest BCUT2D eigenvalue weighted by Gasteiger charge is 1.86. The lowest BCUT2D eigenvalue weighted by molar-refractivity contribution is 0.933. The maximum absolute atomic E-state index is 5.30. The highest BCUT2D eigenvalue weighted by Crippen LogP contribution is 2.02. The molecule has 0 aliphatic carbocycles. The first-order valence-electron chi connectivity index (χ1n) is 4.26. The van der Waals surface area contributed by atoms with Gasteiger partial charge in [-0.1, -0.05) is 19.3 Å². The molecule has 0 aliphatic heterocycles. The molecule has 0 bridgehead atoms. The zero-order chi connectivity index (χ0) is 9.40. The quantitative estimate of drug-likeness (QED) is 0.337. The molecule has 0 aromatic carbocycles. The molecule has 64 valence electrons. The van der Waals surface area contributed by atoms with E-state index in [9.17, 15) is 0 Å². The van der Waals surface area contributed by atoms with Crippen molar-refractivity contribution in [3.8, 4) is 12.3 Å². The smallest absolute Gasteiger partial charge is 0.00236 e. The molecule has 0 rings (SSSR count). The van der Waals surface area contributed by atoms with Crippen LogP contribution < -0.4 is 0 Å². The first kappa shape index (κ1) is 10.8. The molecule has 0 aromatic rings. The van der Waals surface area contributed by atoms with Crippen molar-refractivity contribution in [1.82, 2.24) is 0 Å². The zero-order valence-corrected chi connectivity index (χ0v) is 8.15. The summed E-state index contributed by atoms with van der Waals surface area (Å²) in [6.45, 7) is 6.15. The first-order valence-corrected chi connectivity index (χ1v) is 4.26. The standard InChI is InChI=1S/C12H16/c1-5-8-12(6-2)10-7-9-11(3)4/h2,7,10H,5,8H2,1,3-4H3/b12-10+. The Morgan fingerprint density at radius 3 is 2.50 bits per heavy atom. The van der Waals surface area contributed by atoms with Crippen LogP contribution >= 0.6 is 0 Å². The molecule has 0 spiro atoms. The second-order valence-corrected chi connectivity index (χ2v) is 2.90. The van der Waals surface area contributed by atoms with Gasteiger partial charge in [0.1, 0.15) is 0 Å². The van der Waals surface area contributed by atoms with Gasteiger partial charge in [-0.25, -0.2) is 0 Å². The van der Waals surface area contributed by atoms with Crippen molar-refractivity contribution in [3.63, 3.8) is 0 Å². The predicted molar refractivity (Wildman–Crippen MR) is 54.8 cm³/mol. The molecule has 0 heterocycles. The van der Waals surface area contributed by atoms with E-state index in [2.05, 4.69) is 18.6 Å². The van der Waals surface area contributed by atoms with Crippen molar-refractivity contribution in [2.24, 2.45) is 0 Å². The van der Waals surface area contributed by atoms with Gasteiger partial charge in [0.15, 0.2) is 0 Å². The fraction of sp³-hybridized carbons (Fsp3) is 0.417. The van der Waals surface area contributed by atoms with Gasteiger partial charge in [-0.3, -0.25) is 0 Å². The van der Waals surface area contributed by atoms with Gasteiger partial charge in [0.2, 0.25) is 0 Å². The van der Waals surface area contributed by atoms with E-state index in [1.54, 1.807) is 0 Å². The first-order chi connectivity index (χ1) is 5.70. The van der Waals surface area contributed by atoms with Gasteiger partial charge in [-0.05, 0) is 38.0 Å². The maximum atomic E-state index is 5.30. The van der Waals surface area contributed by atoms with Crippen LogP contribution in [0.25, 0.3) is 0 Å². The average Bonchev–Trinajstić information content (AvgIpc) is 2.02. The fourth-order valence-electron chi connectivity index (χ4n) is 0.782. The lowest BCUT2D eigenvalue weighted by atomic mass is 10.1. The van der Waals surface area contributed by atoms with Crippen molar-refractivity contribution in [2.45, 2.75) is 33.6 Å². The van der Waals surface area contributed by atoms with Gasteiger partial charge < -0.3 is 0 Å². The van der Waals surface area contributed by atoms with Crippen molar-refractivity contribution in [2.75, 3.05) is 0 Å². The van der Waals surface area contributed by atoms with E-state index in [4.69, 9.17) is 6.42 Å². The normalized spacial score (nSPS) is 10.0. The Balaban J connectivity index is 4.34. The number of hydrogen-bond donors (Lipinski definition) is 0. The number of hydrogen-bond acceptors (Lipinski definition) is 0. The highest BCUT2D eigenvalue weighted by atomic mass is 13.9. The summed E-state index contributed by atoms with van der Waals surface area (Å²) in [5.74, 6) is 2.66. The van der Waals surface area contributed by atoms with Gasteiger partial charge >= 0.3 is 0 Å². The van der Waals surface area contributed by atoms with E-state index in [1.807, 2.05) is 26.0 Å². The molecule has 12 heavy (non-hydrogen) atoms. The average molecular weight is 160 g/mol. The molecule has 0 atom stereocenters. The van der Waals surface area contributed by atoms with Crippen LogP contribution in [0.1, 0.15) is 33.6 Å². The summed E-state index contributed by atoms with van der Waals surface area (Å²) < 4.78 is 0. The van der Waals surface area contributed by atoms with E-state index in [0.29, 0.717) is 0 Å². The second kappa shape index (κ2) is 6.53. The molecule has 0 amide bonds. The summed E-state index contributed by atoms with van der Waals surface area (Å²) in [5.41, 5.74) is 5.30. The summed E-state index contributed by atoms with van der Waals surface area (Å²) in [6.07, 6.45) is 11.2. The maximum Gasteiger partial charge on any atom is 0.00236 e. The van der Waals surface area contributed by atoms with Crippen LogP contribution in [0, 0.1) is 12.3 Å². The van der Waals surface area contributed by atoms with Gasteiger partial charge in [0, 0.05) is 5.57 Å². The Morgan fingerprint density at radius 1 is 1.42 bits per heavy atom. The Labute approximate surface area is 75.7 Å². The number of allylic oxidation sites excluding steroid dienone is 3. The summed E-state index contributed by atoms with van der Waals surface area (Å²) in [7, 11) is 0. The third kappa shape index (κ3) is 5.59. The minimum atomic E-state index is 0.984. The van der Waals surface area contributed by atoms with Crippen molar-refractivity contribution < 1.29 is 0 Å². The predicted octanol–water partition coefficient (Wildman–Crippen LogP) is 3.47. The van der Waals surface area contributed by atoms with Crippen LogP contribution in [-0.2, 0) is 0 Å². The van der Waals surface area contributed by atoms with E-state index < -0.39 is 0 Å². The molecule has 0 N–H and O–H groups in total. The van der Waals surface area contributed by atoms with Crippen LogP contribution in [0.4, 0.5) is 0 Å². The summed E-state index contributed by atoms with van der Waals surface area (Å²) in [5, 5.41) is 0. The lowest BCUT2D eigenvalue weighted by Crippen LogP contribution is -1.75. The molecule has 0 radical (unpaired) electrons. The largest absolute Gasteiger partial charge is 0.122 e. The molecule has 0 saturated heterocycles. The third-order valence-corrected chi connectivity index (χ3v) is 1.36. The minimum absolute atomic E-state index is 0.984. The summed E-state index contributed by atoms with van der Waals surface area (Å²) in [4.78, 5) is 0. The number of terminal acetylenes is 1. The minimum Gasteiger partial charge on any atom is -0.122 e. The molecule has 0 saturated carbocycles. The van der Waals surface area contributed by atoms with Crippen LogP contribution in [0.3, 0.4) is 0 Å². The van der Waals surface area contributed by atoms with Crippen molar-refractivity contribution >= 4 is 0 Å². The highest BCUT2D eigenvalue weighted by molar-refractivity contribution is 5.29. The molecule has 0 aromatic heterocycles. The third-order valence-electron chi connectivity index (χ3n) is 1.36. The zero-order valence-electron chi connectivity index (χ0n) is 8.15. The Morgan fingerprint density at radius 2 is 2.08 bits per heavy atom. The fourth-order valence-corrected chi connectivity index (χ4v) is 0.782. The molecule has 0 unspecified atom stereocenters. The molecular weight excluding hydrogens is 144 g/mol. The van der Waals surface area contributed by atoms with Crippen LogP contribution in [0.2, 0.25) is 0 Å². The van der Waals surface area contributed by atoms with Gasteiger partial charge in [0.05, 0.1) is 0 Å². The van der Waals surface area contributed by atoms with Crippen LogP contribution in [0.15, 0.2) is 29.0 Å². The summed E-state index contributed by atoms with van der Waals surface area (Å²) >= 11 is 0. The van der Waals surface area contributed by atoms with Crippen molar-refractivity contribution in [1.29, 1.82) is 0 Å². The van der Waals surface area contributed by atoms with Crippen LogP contribution in [0.5, 0.6) is 0 Å². The SMILES string of the molecule is C#C/C(=C\C=C=C(C)C)CCC. The molecule has 0 nitrogen and oxygen atoms in total. The van der Waals surface area contributed by atoms with Gasteiger partial charge in [-0.15, -0.1) is 12.2 Å². The Kier molecular flexibility index (Phi) is 5.88. The van der Waals surface area contributed by atoms with E-state index in [-0.39, 0.29) is 0 Å². The Bertz CT molecular complexity index is 248. The molecule has 0 heteroatoms. The Hall–Kier alpha value is -1.18. The molecular formula is C12H16. The molecule has 0 fully saturated rings. The van der Waals surface area contributed by atoms with Crippen LogP contribution in [-0.4, -0.2) is 0 Å². The van der Waals surface area contributed by atoms with Gasteiger partial charge in [0.25, 0.3) is 0 Å². The van der Waals surface area contributed by atoms with E-state index >= 15 is 0 Å². The lowest BCUT2D eigenvalue weighted by Gasteiger charge is -1.91. The van der Waals surface area contributed by atoms with E-state index in [0.717, 1.165) is 18.4 Å². The van der Waals surface area contributed by atoms with Gasteiger partial charge in [-0.2, -0.15) is 0 Å². The second-order valence-electron chi connectivity index (χ2n) is 2.90. The van der Waals surface area contributed by atoms with Crippen molar-refractivity contribution in [3.05, 3.63) is 29.0 Å². The molecule has 0 aliphatic rings. The topological polar surface area (TPSA) is 0 Å². The summed E-state index contributed by atoms with van der Waals surface area (Å²) in [6, 6.07) is 0. The van der Waals surface area contributed by atoms with E-state index in [1.165, 1.54) is 5.57 Å². The number of rotatable bonds is 3.